The molecule has 3 atom stereocenters. The molecule has 3 aliphatic heterocycles. The number of rotatable bonds is 5. The third-order valence-corrected chi connectivity index (χ3v) is 5.98. The van der Waals surface area contributed by atoms with Crippen molar-refractivity contribution in [3.8, 4) is 0 Å². The van der Waals surface area contributed by atoms with Gasteiger partial charge in [-0.2, -0.15) is 0 Å². The van der Waals surface area contributed by atoms with Gasteiger partial charge >= 0.3 is 0 Å². The van der Waals surface area contributed by atoms with Crippen molar-refractivity contribution in [1.29, 1.82) is 0 Å². The molecule has 122 valence electrons. The number of hydrogen-bond donors (Lipinski definition) is 1. The van der Waals surface area contributed by atoms with Gasteiger partial charge in [-0.25, -0.2) is 0 Å². The normalized spacial score (nSPS) is 38.6. The Morgan fingerprint density at radius 1 is 1.14 bits per heavy atom. The standard InChI is InChI=1S/C17H33N3O/c1-2-12-21-15-6-5-10-20(13-15)17(14-18)8-11-19-9-4-3-7-16(17)19/h15-16H,2-14,18H2,1H3. The van der Waals surface area contributed by atoms with Crippen LogP contribution < -0.4 is 5.73 Å². The van der Waals surface area contributed by atoms with E-state index in [-0.39, 0.29) is 5.54 Å². The minimum Gasteiger partial charge on any atom is -0.377 e. The van der Waals surface area contributed by atoms with Gasteiger partial charge in [0.05, 0.1) is 6.10 Å². The van der Waals surface area contributed by atoms with Gasteiger partial charge in [0.1, 0.15) is 0 Å². The molecule has 0 aromatic heterocycles. The Balaban J connectivity index is 1.70. The Hall–Kier alpha value is -0.160. The summed E-state index contributed by atoms with van der Waals surface area (Å²) in [7, 11) is 0. The van der Waals surface area contributed by atoms with Crippen LogP contribution in [0.5, 0.6) is 0 Å². The van der Waals surface area contributed by atoms with Crippen LogP contribution >= 0.6 is 0 Å². The van der Waals surface area contributed by atoms with Crippen LogP contribution in [0.3, 0.4) is 0 Å². The third-order valence-electron chi connectivity index (χ3n) is 5.98. The molecule has 0 spiro atoms. The second-order valence-electron chi connectivity index (χ2n) is 7.19. The van der Waals surface area contributed by atoms with E-state index >= 15 is 0 Å². The Bertz CT molecular complexity index is 338. The summed E-state index contributed by atoms with van der Waals surface area (Å²) in [5, 5.41) is 0. The molecule has 3 rings (SSSR count). The summed E-state index contributed by atoms with van der Waals surface area (Å²) in [4.78, 5) is 5.43. The monoisotopic (exact) mass is 295 g/mol. The largest absolute Gasteiger partial charge is 0.377 e. The predicted molar refractivity (Wildman–Crippen MR) is 86.5 cm³/mol. The molecule has 4 nitrogen and oxygen atoms in total. The molecular weight excluding hydrogens is 262 g/mol. The number of likely N-dealkylation sites (tertiary alicyclic amines) is 1. The van der Waals surface area contributed by atoms with Crippen LogP contribution in [0.4, 0.5) is 0 Å². The molecule has 3 saturated heterocycles. The minimum atomic E-state index is 0.231. The molecule has 21 heavy (non-hydrogen) atoms. The summed E-state index contributed by atoms with van der Waals surface area (Å²) in [5.74, 6) is 0. The molecule has 3 fully saturated rings. The Kier molecular flexibility index (Phi) is 5.20. The van der Waals surface area contributed by atoms with Crippen LogP contribution in [0.2, 0.25) is 0 Å². The summed E-state index contributed by atoms with van der Waals surface area (Å²) < 4.78 is 6.05. The highest BCUT2D eigenvalue weighted by molar-refractivity contribution is 5.09. The first kappa shape index (κ1) is 15.7. The van der Waals surface area contributed by atoms with Crippen molar-refractivity contribution in [1.82, 2.24) is 9.80 Å². The second-order valence-corrected chi connectivity index (χ2v) is 7.19. The first-order valence-corrected chi connectivity index (χ1v) is 9.11. The number of hydrogen-bond acceptors (Lipinski definition) is 4. The molecule has 0 amide bonds. The van der Waals surface area contributed by atoms with Crippen molar-refractivity contribution in [3.63, 3.8) is 0 Å². The third kappa shape index (κ3) is 3.00. The molecule has 0 radical (unpaired) electrons. The van der Waals surface area contributed by atoms with Crippen molar-refractivity contribution in [2.45, 2.75) is 69.6 Å². The van der Waals surface area contributed by atoms with Gasteiger partial charge in [0.15, 0.2) is 0 Å². The molecule has 0 bridgehead atoms. The summed E-state index contributed by atoms with van der Waals surface area (Å²) in [6, 6.07) is 0.696. The zero-order chi connectivity index (χ0) is 14.7. The Labute approximate surface area is 130 Å². The minimum absolute atomic E-state index is 0.231. The fourth-order valence-corrected chi connectivity index (χ4v) is 4.87. The van der Waals surface area contributed by atoms with E-state index < -0.39 is 0 Å². The van der Waals surface area contributed by atoms with Gasteiger partial charge in [-0.1, -0.05) is 13.3 Å². The highest BCUT2D eigenvalue weighted by Gasteiger charge is 2.51. The summed E-state index contributed by atoms with van der Waals surface area (Å²) in [6.45, 7) is 8.77. The van der Waals surface area contributed by atoms with E-state index in [0.717, 1.165) is 26.1 Å². The molecule has 0 aromatic carbocycles. The van der Waals surface area contributed by atoms with Crippen molar-refractivity contribution in [2.75, 3.05) is 39.3 Å². The number of nitrogens with two attached hydrogens (primary N) is 1. The number of ether oxygens (including phenoxy) is 1. The molecule has 3 heterocycles. The quantitative estimate of drug-likeness (QED) is 0.840. The van der Waals surface area contributed by atoms with Gasteiger partial charge in [-0.3, -0.25) is 9.80 Å². The number of piperidine rings is 2. The molecule has 0 aliphatic carbocycles. The van der Waals surface area contributed by atoms with Crippen molar-refractivity contribution < 1.29 is 4.74 Å². The zero-order valence-corrected chi connectivity index (χ0v) is 13.7. The van der Waals surface area contributed by atoms with Crippen LogP contribution in [0, 0.1) is 0 Å². The fourth-order valence-electron chi connectivity index (χ4n) is 4.87. The Morgan fingerprint density at radius 3 is 2.86 bits per heavy atom. The van der Waals surface area contributed by atoms with E-state index in [1.54, 1.807) is 0 Å². The van der Waals surface area contributed by atoms with Gasteiger partial charge in [0.2, 0.25) is 0 Å². The van der Waals surface area contributed by atoms with E-state index in [9.17, 15) is 0 Å². The molecule has 0 saturated carbocycles. The average Bonchev–Trinajstić information content (AvgIpc) is 2.93. The van der Waals surface area contributed by atoms with E-state index in [1.165, 1.54) is 58.2 Å². The van der Waals surface area contributed by atoms with Crippen molar-refractivity contribution >= 4 is 0 Å². The lowest BCUT2D eigenvalue weighted by Gasteiger charge is -2.50. The van der Waals surface area contributed by atoms with Gasteiger partial charge in [-0.15, -0.1) is 0 Å². The maximum Gasteiger partial charge on any atom is 0.0702 e. The van der Waals surface area contributed by atoms with Crippen LogP contribution in [0.15, 0.2) is 0 Å². The highest BCUT2D eigenvalue weighted by Crippen LogP contribution is 2.40. The summed E-state index contributed by atoms with van der Waals surface area (Å²) in [5.41, 5.74) is 6.57. The molecule has 0 aromatic rings. The fraction of sp³-hybridized carbons (Fsp3) is 1.00. The first-order valence-electron chi connectivity index (χ1n) is 9.11. The lowest BCUT2D eigenvalue weighted by molar-refractivity contribution is -0.0493. The van der Waals surface area contributed by atoms with Gasteiger partial charge < -0.3 is 10.5 Å². The molecule has 3 aliphatic rings. The number of nitrogens with zero attached hydrogens (tertiary/aromatic N) is 2. The van der Waals surface area contributed by atoms with Crippen LogP contribution in [0.1, 0.15) is 51.9 Å². The van der Waals surface area contributed by atoms with Gasteiger partial charge in [-0.05, 0) is 51.6 Å². The molecule has 4 heteroatoms. The van der Waals surface area contributed by atoms with E-state index in [0.29, 0.717) is 12.1 Å². The lowest BCUT2D eigenvalue weighted by atomic mass is 9.82. The van der Waals surface area contributed by atoms with Crippen molar-refractivity contribution in [3.05, 3.63) is 0 Å². The predicted octanol–water partition coefficient (Wildman–Crippen LogP) is 1.83. The maximum absolute atomic E-state index is 6.34. The van der Waals surface area contributed by atoms with Crippen molar-refractivity contribution in [2.24, 2.45) is 5.73 Å². The van der Waals surface area contributed by atoms with E-state index in [1.807, 2.05) is 0 Å². The van der Waals surface area contributed by atoms with E-state index in [4.69, 9.17) is 10.5 Å². The van der Waals surface area contributed by atoms with Gasteiger partial charge in [0.25, 0.3) is 0 Å². The molecule has 2 N–H and O–H groups in total. The first-order chi connectivity index (χ1) is 10.3. The second kappa shape index (κ2) is 6.95. The smallest absolute Gasteiger partial charge is 0.0702 e. The molecule has 3 unspecified atom stereocenters. The SMILES string of the molecule is CCCOC1CCCN(C2(CN)CCN3CCCCC32)C1. The highest BCUT2D eigenvalue weighted by atomic mass is 16.5. The average molecular weight is 295 g/mol. The Morgan fingerprint density at radius 2 is 2.05 bits per heavy atom. The van der Waals surface area contributed by atoms with Gasteiger partial charge in [0, 0.05) is 37.8 Å². The topological polar surface area (TPSA) is 41.7 Å². The maximum atomic E-state index is 6.34. The summed E-state index contributed by atoms with van der Waals surface area (Å²) >= 11 is 0. The van der Waals surface area contributed by atoms with Crippen LogP contribution in [0.25, 0.3) is 0 Å². The summed E-state index contributed by atoms with van der Waals surface area (Å²) in [6.07, 6.45) is 9.40. The lowest BCUT2D eigenvalue weighted by Crippen LogP contribution is -2.64. The zero-order valence-electron chi connectivity index (χ0n) is 13.7. The van der Waals surface area contributed by atoms with E-state index in [2.05, 4.69) is 16.7 Å². The number of fused-ring (bicyclic) bond motifs is 1. The van der Waals surface area contributed by atoms with Crippen LogP contribution in [-0.4, -0.2) is 66.8 Å². The van der Waals surface area contributed by atoms with Crippen LogP contribution in [-0.2, 0) is 4.74 Å². The molecular formula is C17H33N3O.